The minimum Gasteiger partial charge on any atom is -0.490 e. The van der Waals surface area contributed by atoms with Gasteiger partial charge >= 0.3 is 0 Å². The molecule has 2 aromatic carbocycles. The second kappa shape index (κ2) is 8.45. The molecule has 0 bridgehead atoms. The molecule has 0 saturated carbocycles. The molecule has 1 saturated heterocycles. The van der Waals surface area contributed by atoms with Gasteiger partial charge in [0.05, 0.1) is 0 Å². The van der Waals surface area contributed by atoms with Crippen molar-refractivity contribution in [1.82, 2.24) is 4.90 Å². The van der Waals surface area contributed by atoms with E-state index in [1.807, 2.05) is 47.4 Å². The molecule has 2 aromatic rings. The molecular formula is C21H25ClN2O2. The van der Waals surface area contributed by atoms with Crippen LogP contribution >= 0.6 is 12.4 Å². The number of benzene rings is 2. The average molecular weight is 373 g/mol. The smallest absolute Gasteiger partial charge is 0.254 e. The Morgan fingerprint density at radius 3 is 2.58 bits per heavy atom. The topological polar surface area (TPSA) is 41.6 Å². The lowest BCUT2D eigenvalue weighted by Crippen LogP contribution is -2.42. The predicted molar refractivity (Wildman–Crippen MR) is 106 cm³/mol. The van der Waals surface area contributed by atoms with Crippen LogP contribution in [0, 0.1) is 0 Å². The average Bonchev–Trinajstić information content (AvgIpc) is 2.68. The van der Waals surface area contributed by atoms with Crippen LogP contribution < -0.4 is 10.1 Å². The van der Waals surface area contributed by atoms with Gasteiger partial charge in [0.15, 0.2) is 0 Å². The maximum Gasteiger partial charge on any atom is 0.254 e. The molecule has 2 aliphatic rings. The van der Waals surface area contributed by atoms with Gasteiger partial charge in [-0.15, -0.1) is 12.4 Å². The quantitative estimate of drug-likeness (QED) is 0.879. The van der Waals surface area contributed by atoms with Crippen molar-refractivity contribution in [3.63, 3.8) is 0 Å². The van der Waals surface area contributed by atoms with Gasteiger partial charge in [0, 0.05) is 43.7 Å². The number of anilines is 1. The molecule has 0 unspecified atom stereocenters. The number of halogens is 1. The zero-order chi connectivity index (χ0) is 17.1. The highest BCUT2D eigenvalue weighted by atomic mass is 35.5. The number of hydrogen-bond donors (Lipinski definition) is 1. The number of rotatable bonds is 3. The van der Waals surface area contributed by atoms with E-state index < -0.39 is 0 Å². The number of para-hydroxylation sites is 1. The molecule has 0 spiro atoms. The largest absolute Gasteiger partial charge is 0.490 e. The van der Waals surface area contributed by atoms with E-state index in [-0.39, 0.29) is 24.4 Å². The Hall–Kier alpha value is -2.20. The summed E-state index contributed by atoms with van der Waals surface area (Å²) in [5.74, 6) is 1.08. The molecule has 1 N–H and O–H groups in total. The van der Waals surface area contributed by atoms with E-state index in [2.05, 4.69) is 11.4 Å². The van der Waals surface area contributed by atoms with Crippen LogP contribution in [0.15, 0.2) is 48.5 Å². The summed E-state index contributed by atoms with van der Waals surface area (Å²) in [6, 6.07) is 16.0. The van der Waals surface area contributed by atoms with Gasteiger partial charge in [-0.05, 0) is 42.7 Å². The Labute approximate surface area is 160 Å². The number of likely N-dealkylation sites (tertiary alicyclic amines) is 1. The zero-order valence-corrected chi connectivity index (χ0v) is 15.6. The summed E-state index contributed by atoms with van der Waals surface area (Å²) in [6.07, 6.45) is 4.03. The third kappa shape index (κ3) is 3.96. The molecule has 5 heteroatoms. The third-order valence-corrected chi connectivity index (χ3v) is 5.10. The van der Waals surface area contributed by atoms with E-state index in [1.165, 1.54) is 5.56 Å². The molecule has 2 aliphatic heterocycles. The van der Waals surface area contributed by atoms with Gasteiger partial charge in [-0.1, -0.05) is 24.3 Å². The second-order valence-corrected chi connectivity index (χ2v) is 6.78. The molecular weight excluding hydrogens is 348 g/mol. The fourth-order valence-electron chi connectivity index (χ4n) is 3.75. The molecule has 0 atom stereocenters. The monoisotopic (exact) mass is 372 g/mol. The normalized spacial score (nSPS) is 16.8. The standard InChI is InChI=1S/C21H24N2O2.ClH/c24-21(19-8-4-10-20-18(19)9-5-13-22-20)23-14-11-17(12-15-23)25-16-6-2-1-3-7-16;/h1-4,6-8,10,17,22H,5,9,11-15H2;1H. The summed E-state index contributed by atoms with van der Waals surface area (Å²) in [6.45, 7) is 2.51. The summed E-state index contributed by atoms with van der Waals surface area (Å²) in [5, 5.41) is 3.40. The highest BCUT2D eigenvalue weighted by Gasteiger charge is 2.27. The van der Waals surface area contributed by atoms with E-state index in [0.717, 1.165) is 62.3 Å². The van der Waals surface area contributed by atoms with Crippen LogP contribution in [0.5, 0.6) is 5.75 Å². The number of piperidine rings is 1. The van der Waals surface area contributed by atoms with E-state index >= 15 is 0 Å². The van der Waals surface area contributed by atoms with E-state index in [0.29, 0.717) is 0 Å². The SMILES string of the molecule is Cl.O=C(c1cccc2c1CCCN2)N1CCC(Oc2ccccc2)CC1. The number of nitrogens with zero attached hydrogens (tertiary/aromatic N) is 1. The number of amides is 1. The molecule has 2 heterocycles. The molecule has 0 radical (unpaired) electrons. The molecule has 138 valence electrons. The summed E-state index contributed by atoms with van der Waals surface area (Å²) < 4.78 is 6.03. The van der Waals surface area contributed by atoms with Crippen molar-refractivity contribution < 1.29 is 9.53 Å². The first-order valence-electron chi connectivity index (χ1n) is 9.18. The number of ether oxygens (including phenoxy) is 1. The van der Waals surface area contributed by atoms with Gasteiger partial charge in [0.25, 0.3) is 5.91 Å². The molecule has 1 amide bonds. The van der Waals surface area contributed by atoms with Crippen LogP contribution in [0.2, 0.25) is 0 Å². The lowest BCUT2D eigenvalue weighted by atomic mass is 9.96. The fourth-order valence-corrected chi connectivity index (χ4v) is 3.75. The van der Waals surface area contributed by atoms with Crippen LogP contribution in [0.4, 0.5) is 5.69 Å². The molecule has 1 fully saturated rings. The maximum absolute atomic E-state index is 13.0. The number of fused-ring (bicyclic) bond motifs is 1. The van der Waals surface area contributed by atoms with Gasteiger partial charge in [0.1, 0.15) is 11.9 Å². The van der Waals surface area contributed by atoms with Gasteiger partial charge in [-0.2, -0.15) is 0 Å². The Balaban J connectivity index is 0.00000196. The van der Waals surface area contributed by atoms with Gasteiger partial charge in [-0.3, -0.25) is 4.79 Å². The lowest BCUT2D eigenvalue weighted by Gasteiger charge is -2.33. The highest BCUT2D eigenvalue weighted by molar-refractivity contribution is 5.97. The van der Waals surface area contributed by atoms with Crippen molar-refractivity contribution in [3.05, 3.63) is 59.7 Å². The Bertz CT molecular complexity index is 743. The van der Waals surface area contributed by atoms with Gasteiger partial charge in [-0.25, -0.2) is 0 Å². The van der Waals surface area contributed by atoms with E-state index in [4.69, 9.17) is 4.74 Å². The summed E-state index contributed by atoms with van der Waals surface area (Å²) in [4.78, 5) is 15.0. The van der Waals surface area contributed by atoms with Crippen LogP contribution in [0.25, 0.3) is 0 Å². The van der Waals surface area contributed by atoms with Crippen molar-refractivity contribution in [3.8, 4) is 5.75 Å². The molecule has 4 rings (SSSR count). The van der Waals surface area contributed by atoms with Crippen LogP contribution in [-0.4, -0.2) is 36.5 Å². The molecule has 0 aromatic heterocycles. The summed E-state index contributed by atoms with van der Waals surface area (Å²) in [5.41, 5.74) is 3.17. The minimum absolute atomic E-state index is 0. The zero-order valence-electron chi connectivity index (χ0n) is 14.8. The van der Waals surface area contributed by atoms with Crippen LogP contribution in [-0.2, 0) is 6.42 Å². The van der Waals surface area contributed by atoms with Crippen molar-refractivity contribution in [1.29, 1.82) is 0 Å². The predicted octanol–water partition coefficient (Wildman–Crippen LogP) is 4.15. The molecule has 0 aliphatic carbocycles. The van der Waals surface area contributed by atoms with Crippen molar-refractivity contribution in [2.45, 2.75) is 31.8 Å². The summed E-state index contributed by atoms with van der Waals surface area (Å²) in [7, 11) is 0. The lowest BCUT2D eigenvalue weighted by molar-refractivity contribution is 0.0594. The number of nitrogens with one attached hydrogen (secondary N) is 1. The second-order valence-electron chi connectivity index (χ2n) is 6.78. The van der Waals surface area contributed by atoms with Crippen LogP contribution in [0.3, 0.4) is 0 Å². The van der Waals surface area contributed by atoms with Gasteiger partial charge < -0.3 is 15.0 Å². The van der Waals surface area contributed by atoms with E-state index in [1.54, 1.807) is 0 Å². The van der Waals surface area contributed by atoms with Crippen molar-refractivity contribution in [2.75, 3.05) is 25.0 Å². The first-order valence-corrected chi connectivity index (χ1v) is 9.18. The number of carbonyl (C=O) groups is 1. The highest BCUT2D eigenvalue weighted by Crippen LogP contribution is 2.27. The number of hydrogen-bond acceptors (Lipinski definition) is 3. The first-order chi connectivity index (χ1) is 12.3. The minimum atomic E-state index is 0. The van der Waals surface area contributed by atoms with Crippen molar-refractivity contribution >= 4 is 24.0 Å². The van der Waals surface area contributed by atoms with E-state index in [9.17, 15) is 4.79 Å². The fraction of sp³-hybridized carbons (Fsp3) is 0.381. The molecule has 26 heavy (non-hydrogen) atoms. The van der Waals surface area contributed by atoms with Crippen LogP contribution in [0.1, 0.15) is 35.2 Å². The maximum atomic E-state index is 13.0. The first kappa shape index (κ1) is 18.6. The number of carbonyl (C=O) groups excluding carboxylic acids is 1. The van der Waals surface area contributed by atoms with Gasteiger partial charge in [0.2, 0.25) is 0 Å². The summed E-state index contributed by atoms with van der Waals surface area (Å²) >= 11 is 0. The Morgan fingerprint density at radius 1 is 1.04 bits per heavy atom. The van der Waals surface area contributed by atoms with Crippen molar-refractivity contribution in [2.24, 2.45) is 0 Å². The third-order valence-electron chi connectivity index (χ3n) is 5.10. The Morgan fingerprint density at radius 2 is 1.81 bits per heavy atom. The molecule has 4 nitrogen and oxygen atoms in total. The Kier molecular flexibility index (Phi) is 6.04.